The largest absolute Gasteiger partial charge is 0.416 e. The monoisotopic (exact) mass is 246 g/mol. The Morgan fingerprint density at radius 3 is 2.29 bits per heavy atom. The second kappa shape index (κ2) is 5.51. The lowest BCUT2D eigenvalue weighted by atomic mass is 9.93. The fourth-order valence-electron chi connectivity index (χ4n) is 1.82. The highest BCUT2D eigenvalue weighted by atomic mass is 19.4. The molecule has 0 amide bonds. The number of hydrogen-bond donors (Lipinski definition) is 2. The molecule has 0 heterocycles. The molecule has 3 N–H and O–H groups in total. The molecule has 17 heavy (non-hydrogen) atoms. The fraction of sp³-hybridized carbons (Fsp3) is 0.500. The number of nitrogens with two attached hydrogens (primary N) is 1. The molecule has 96 valence electrons. The molecule has 0 aromatic heterocycles. The topological polar surface area (TPSA) is 38.0 Å². The van der Waals surface area contributed by atoms with Crippen LogP contribution in [0.25, 0.3) is 0 Å². The van der Waals surface area contributed by atoms with Gasteiger partial charge in [0, 0.05) is 6.04 Å². The lowest BCUT2D eigenvalue weighted by Crippen LogP contribution is -2.30. The predicted octanol–water partition coefficient (Wildman–Crippen LogP) is 3.26. The average molecular weight is 246 g/mol. The highest BCUT2D eigenvalue weighted by Gasteiger charge is 2.34. The van der Waals surface area contributed by atoms with Gasteiger partial charge in [0.2, 0.25) is 0 Å². The van der Waals surface area contributed by atoms with Crippen molar-refractivity contribution < 1.29 is 13.2 Å². The molecule has 1 aromatic carbocycles. The van der Waals surface area contributed by atoms with E-state index in [0.717, 1.165) is 6.07 Å². The molecule has 0 aliphatic carbocycles. The second-order valence-electron chi connectivity index (χ2n) is 4.43. The first-order chi connectivity index (χ1) is 7.86. The van der Waals surface area contributed by atoms with Crippen molar-refractivity contribution in [2.45, 2.75) is 32.5 Å². The van der Waals surface area contributed by atoms with Gasteiger partial charge in [0.25, 0.3) is 0 Å². The zero-order valence-electron chi connectivity index (χ0n) is 9.88. The number of nitrogens with one attached hydrogen (secondary N) is 1. The van der Waals surface area contributed by atoms with Gasteiger partial charge < -0.3 is 0 Å². The summed E-state index contributed by atoms with van der Waals surface area (Å²) in [5, 5.41) is 0. The maximum Gasteiger partial charge on any atom is 0.416 e. The van der Waals surface area contributed by atoms with Gasteiger partial charge in [0.1, 0.15) is 0 Å². The first-order valence-electron chi connectivity index (χ1n) is 5.48. The molecule has 0 aliphatic heterocycles. The summed E-state index contributed by atoms with van der Waals surface area (Å²) in [6, 6.07) is 5.05. The van der Waals surface area contributed by atoms with Crippen molar-refractivity contribution in [2.24, 2.45) is 11.8 Å². The second-order valence-corrected chi connectivity index (χ2v) is 4.43. The van der Waals surface area contributed by atoms with Gasteiger partial charge in [0.05, 0.1) is 5.56 Å². The predicted molar refractivity (Wildman–Crippen MR) is 61.0 cm³/mol. The zero-order valence-corrected chi connectivity index (χ0v) is 9.88. The van der Waals surface area contributed by atoms with E-state index >= 15 is 0 Å². The van der Waals surface area contributed by atoms with Crippen molar-refractivity contribution in [3.05, 3.63) is 35.4 Å². The van der Waals surface area contributed by atoms with E-state index in [2.05, 4.69) is 5.43 Å². The van der Waals surface area contributed by atoms with E-state index in [1.54, 1.807) is 6.07 Å². The van der Waals surface area contributed by atoms with Crippen LogP contribution >= 0.6 is 0 Å². The summed E-state index contributed by atoms with van der Waals surface area (Å²) in [5.74, 6) is 5.61. The van der Waals surface area contributed by atoms with Crippen molar-refractivity contribution in [3.63, 3.8) is 0 Å². The summed E-state index contributed by atoms with van der Waals surface area (Å²) >= 11 is 0. The number of hydrogen-bond acceptors (Lipinski definition) is 2. The summed E-state index contributed by atoms with van der Waals surface area (Å²) < 4.78 is 38.4. The van der Waals surface area contributed by atoms with E-state index in [4.69, 9.17) is 5.84 Å². The van der Waals surface area contributed by atoms with Gasteiger partial charge in [-0.2, -0.15) is 13.2 Å². The van der Waals surface area contributed by atoms with Crippen LogP contribution in [0.1, 0.15) is 37.4 Å². The third-order valence-corrected chi connectivity index (χ3v) is 2.55. The molecule has 1 atom stereocenters. The van der Waals surface area contributed by atoms with E-state index in [9.17, 15) is 13.2 Å². The molecule has 0 radical (unpaired) electrons. The minimum absolute atomic E-state index is 0.205. The van der Waals surface area contributed by atoms with Crippen molar-refractivity contribution in [3.8, 4) is 0 Å². The molecule has 0 aliphatic rings. The maximum absolute atomic E-state index is 12.8. The Balaban J connectivity index is 3.11. The molecule has 0 spiro atoms. The van der Waals surface area contributed by atoms with Crippen LogP contribution in [0.3, 0.4) is 0 Å². The summed E-state index contributed by atoms with van der Waals surface area (Å²) in [7, 11) is 0. The van der Waals surface area contributed by atoms with Crippen LogP contribution < -0.4 is 11.3 Å². The van der Waals surface area contributed by atoms with E-state index in [-0.39, 0.29) is 11.5 Å². The standard InChI is InChI=1S/C12H17F3N2/c1-8(2)7-11(17-16)9-5-3-4-6-10(9)12(13,14)15/h3-6,8,11,17H,7,16H2,1-2H3. The Morgan fingerprint density at radius 1 is 1.24 bits per heavy atom. The Morgan fingerprint density at radius 2 is 1.82 bits per heavy atom. The summed E-state index contributed by atoms with van der Waals surface area (Å²) in [6.45, 7) is 3.89. The molecular weight excluding hydrogens is 229 g/mol. The van der Waals surface area contributed by atoms with E-state index in [0.29, 0.717) is 6.42 Å². The van der Waals surface area contributed by atoms with Crippen LogP contribution in [-0.4, -0.2) is 0 Å². The normalized spacial score (nSPS) is 14.1. The van der Waals surface area contributed by atoms with Crippen molar-refractivity contribution in [1.29, 1.82) is 0 Å². The Bertz CT molecular complexity index is 361. The van der Waals surface area contributed by atoms with Gasteiger partial charge in [-0.25, -0.2) is 0 Å². The number of alkyl halides is 3. The first kappa shape index (κ1) is 14.0. The summed E-state index contributed by atoms with van der Waals surface area (Å²) in [5.41, 5.74) is 2.05. The van der Waals surface area contributed by atoms with Gasteiger partial charge in [-0.05, 0) is 24.0 Å². The molecule has 1 rings (SSSR count). The van der Waals surface area contributed by atoms with Crippen molar-refractivity contribution >= 4 is 0 Å². The minimum Gasteiger partial charge on any atom is -0.271 e. The SMILES string of the molecule is CC(C)CC(NN)c1ccccc1C(F)(F)F. The molecule has 0 saturated carbocycles. The van der Waals surface area contributed by atoms with Gasteiger partial charge in [-0.1, -0.05) is 32.0 Å². The number of benzene rings is 1. The first-order valence-corrected chi connectivity index (χ1v) is 5.48. The molecule has 0 saturated heterocycles. The molecule has 2 nitrogen and oxygen atoms in total. The summed E-state index contributed by atoms with van der Waals surface area (Å²) in [6.07, 6.45) is -3.79. The maximum atomic E-state index is 12.8. The van der Waals surface area contributed by atoms with E-state index in [1.807, 2.05) is 13.8 Å². The highest BCUT2D eigenvalue weighted by Crippen LogP contribution is 2.35. The fourth-order valence-corrected chi connectivity index (χ4v) is 1.82. The third-order valence-electron chi connectivity index (χ3n) is 2.55. The van der Waals surface area contributed by atoms with E-state index in [1.165, 1.54) is 12.1 Å². The smallest absolute Gasteiger partial charge is 0.271 e. The quantitative estimate of drug-likeness (QED) is 0.632. The number of halogens is 3. The number of rotatable bonds is 4. The van der Waals surface area contributed by atoms with Gasteiger partial charge in [0.15, 0.2) is 0 Å². The summed E-state index contributed by atoms with van der Waals surface area (Å²) in [4.78, 5) is 0. The minimum atomic E-state index is -4.34. The highest BCUT2D eigenvalue weighted by molar-refractivity contribution is 5.32. The molecule has 0 fully saturated rings. The van der Waals surface area contributed by atoms with Crippen LogP contribution in [0.5, 0.6) is 0 Å². The van der Waals surface area contributed by atoms with Gasteiger partial charge >= 0.3 is 6.18 Å². The van der Waals surface area contributed by atoms with Crippen molar-refractivity contribution in [2.75, 3.05) is 0 Å². The Hall–Kier alpha value is -1.07. The molecular formula is C12H17F3N2. The Labute approximate surface area is 99.0 Å². The van der Waals surface area contributed by atoms with Crippen LogP contribution in [0.15, 0.2) is 24.3 Å². The third kappa shape index (κ3) is 3.71. The van der Waals surface area contributed by atoms with Gasteiger partial charge in [-0.3, -0.25) is 11.3 Å². The van der Waals surface area contributed by atoms with E-state index < -0.39 is 17.8 Å². The van der Waals surface area contributed by atoms with Crippen LogP contribution in [0.4, 0.5) is 13.2 Å². The lowest BCUT2D eigenvalue weighted by Gasteiger charge is -2.22. The van der Waals surface area contributed by atoms with Crippen LogP contribution in [0, 0.1) is 5.92 Å². The van der Waals surface area contributed by atoms with Crippen molar-refractivity contribution in [1.82, 2.24) is 5.43 Å². The Kier molecular flexibility index (Phi) is 4.54. The molecule has 1 aromatic rings. The molecule has 0 bridgehead atoms. The molecule has 5 heteroatoms. The van der Waals surface area contributed by atoms with Crippen LogP contribution in [0.2, 0.25) is 0 Å². The molecule has 1 unspecified atom stereocenters. The van der Waals surface area contributed by atoms with Crippen LogP contribution in [-0.2, 0) is 6.18 Å². The average Bonchev–Trinajstić information content (AvgIpc) is 2.24. The van der Waals surface area contributed by atoms with Gasteiger partial charge in [-0.15, -0.1) is 0 Å². The lowest BCUT2D eigenvalue weighted by molar-refractivity contribution is -0.138. The number of hydrazine groups is 1. The zero-order chi connectivity index (χ0) is 13.1.